The van der Waals surface area contributed by atoms with Gasteiger partial charge >= 0.3 is 0 Å². The molecular weight excluding hydrogens is 266 g/mol. The van der Waals surface area contributed by atoms with Crippen molar-refractivity contribution in [3.63, 3.8) is 0 Å². The number of aryl methyl sites for hydroxylation is 1. The quantitative estimate of drug-likeness (QED) is 0.638. The highest BCUT2D eigenvalue weighted by molar-refractivity contribution is 7.91. The van der Waals surface area contributed by atoms with Gasteiger partial charge in [0.2, 0.25) is 9.84 Å². The van der Waals surface area contributed by atoms with E-state index in [1.165, 1.54) is 24.3 Å². The van der Waals surface area contributed by atoms with Gasteiger partial charge in [0.25, 0.3) is 5.69 Å². The Morgan fingerprint density at radius 1 is 1.00 bits per heavy atom. The number of rotatable bonds is 3. The highest BCUT2D eigenvalue weighted by atomic mass is 32.2. The molecule has 0 atom stereocenters. The molecule has 0 heterocycles. The van der Waals surface area contributed by atoms with Crippen LogP contribution in [0.2, 0.25) is 0 Å². The lowest BCUT2D eigenvalue weighted by molar-refractivity contribution is -0.385. The smallest absolute Gasteiger partial charge is 0.258 e. The van der Waals surface area contributed by atoms with Gasteiger partial charge in [0, 0.05) is 11.6 Å². The molecule has 0 bridgehead atoms. The summed E-state index contributed by atoms with van der Waals surface area (Å²) in [4.78, 5) is 10.3. The molecule has 0 aliphatic rings. The molecule has 0 saturated heterocycles. The van der Waals surface area contributed by atoms with Crippen LogP contribution in [0.5, 0.6) is 0 Å². The number of hydrogen-bond donors (Lipinski definition) is 0. The second-order valence-electron chi connectivity index (χ2n) is 4.02. The number of benzene rings is 2. The predicted molar refractivity (Wildman–Crippen MR) is 69.7 cm³/mol. The van der Waals surface area contributed by atoms with Crippen LogP contribution < -0.4 is 0 Å². The average Bonchev–Trinajstić information content (AvgIpc) is 2.39. The number of nitro groups is 1. The molecule has 0 aliphatic heterocycles. The third kappa shape index (κ3) is 2.48. The molecule has 0 unspecified atom stereocenters. The van der Waals surface area contributed by atoms with E-state index < -0.39 is 14.8 Å². The summed E-state index contributed by atoms with van der Waals surface area (Å²) in [6.45, 7) is 1.57. The van der Waals surface area contributed by atoms with Crippen LogP contribution in [-0.2, 0) is 9.84 Å². The standard InChI is InChI=1S/C13H11NO4S/c1-10-7-8-12(9-13(10)14(15)16)19(17,18)11-5-3-2-4-6-11/h2-9H,1H3. The highest BCUT2D eigenvalue weighted by Gasteiger charge is 2.21. The van der Waals surface area contributed by atoms with Crippen molar-refractivity contribution >= 4 is 15.5 Å². The van der Waals surface area contributed by atoms with E-state index in [9.17, 15) is 18.5 Å². The summed E-state index contributed by atoms with van der Waals surface area (Å²) in [7, 11) is -3.72. The summed E-state index contributed by atoms with van der Waals surface area (Å²) in [6, 6.07) is 11.7. The Hall–Kier alpha value is -2.21. The Kier molecular flexibility index (Phi) is 3.35. The van der Waals surface area contributed by atoms with Crippen LogP contribution in [0.25, 0.3) is 0 Å². The van der Waals surface area contributed by atoms with Crippen molar-refractivity contribution in [2.45, 2.75) is 16.7 Å². The van der Waals surface area contributed by atoms with Gasteiger partial charge in [0.1, 0.15) is 0 Å². The Bertz CT molecular complexity index is 724. The zero-order valence-electron chi connectivity index (χ0n) is 10.1. The van der Waals surface area contributed by atoms with Crippen LogP contribution in [0.3, 0.4) is 0 Å². The lowest BCUT2D eigenvalue weighted by atomic mass is 10.2. The molecule has 98 valence electrons. The Labute approximate surface area is 110 Å². The predicted octanol–water partition coefficient (Wildman–Crippen LogP) is 2.74. The van der Waals surface area contributed by atoms with E-state index in [1.807, 2.05) is 0 Å². The molecule has 0 spiro atoms. The largest absolute Gasteiger partial charge is 0.273 e. The van der Waals surface area contributed by atoms with Gasteiger partial charge in [-0.05, 0) is 25.1 Å². The van der Waals surface area contributed by atoms with E-state index in [2.05, 4.69) is 0 Å². The number of sulfone groups is 1. The minimum Gasteiger partial charge on any atom is -0.258 e. The minimum atomic E-state index is -3.72. The van der Waals surface area contributed by atoms with Gasteiger partial charge in [-0.15, -0.1) is 0 Å². The first kappa shape index (κ1) is 13.2. The van der Waals surface area contributed by atoms with Gasteiger partial charge in [-0.25, -0.2) is 8.42 Å². The molecular formula is C13H11NO4S. The van der Waals surface area contributed by atoms with E-state index >= 15 is 0 Å². The SMILES string of the molecule is Cc1ccc(S(=O)(=O)c2ccccc2)cc1[N+](=O)[O-]. The van der Waals surface area contributed by atoms with Gasteiger partial charge in [0.05, 0.1) is 14.7 Å². The summed E-state index contributed by atoms with van der Waals surface area (Å²) in [5, 5.41) is 10.8. The maximum absolute atomic E-state index is 12.3. The zero-order valence-corrected chi connectivity index (χ0v) is 10.9. The summed E-state index contributed by atoms with van der Waals surface area (Å²) < 4.78 is 24.6. The van der Waals surface area contributed by atoms with Crippen LogP contribution >= 0.6 is 0 Å². The maximum atomic E-state index is 12.3. The Morgan fingerprint density at radius 3 is 2.21 bits per heavy atom. The third-order valence-corrected chi connectivity index (χ3v) is 4.51. The minimum absolute atomic E-state index is 0.0731. The number of nitrogens with zero attached hydrogens (tertiary/aromatic N) is 1. The molecule has 0 fully saturated rings. The molecule has 2 aromatic rings. The maximum Gasteiger partial charge on any atom is 0.273 e. The van der Waals surface area contributed by atoms with E-state index in [0.717, 1.165) is 6.07 Å². The fourth-order valence-corrected chi connectivity index (χ4v) is 2.99. The van der Waals surface area contributed by atoms with Gasteiger partial charge in [0.15, 0.2) is 0 Å². The topological polar surface area (TPSA) is 77.3 Å². The molecule has 2 aromatic carbocycles. The second-order valence-corrected chi connectivity index (χ2v) is 5.97. The van der Waals surface area contributed by atoms with Gasteiger partial charge < -0.3 is 0 Å². The van der Waals surface area contributed by atoms with Crippen LogP contribution in [0.4, 0.5) is 5.69 Å². The molecule has 0 saturated carbocycles. The lowest BCUT2D eigenvalue weighted by Crippen LogP contribution is -2.03. The summed E-state index contributed by atoms with van der Waals surface area (Å²) >= 11 is 0. The first-order valence-corrected chi connectivity index (χ1v) is 6.96. The van der Waals surface area contributed by atoms with Crippen molar-refractivity contribution in [3.8, 4) is 0 Å². The zero-order chi connectivity index (χ0) is 14.0. The highest BCUT2D eigenvalue weighted by Crippen LogP contribution is 2.26. The van der Waals surface area contributed by atoms with E-state index in [0.29, 0.717) is 5.56 Å². The lowest BCUT2D eigenvalue weighted by Gasteiger charge is -2.05. The van der Waals surface area contributed by atoms with E-state index in [-0.39, 0.29) is 15.5 Å². The summed E-state index contributed by atoms with van der Waals surface area (Å²) in [5.74, 6) is 0. The normalized spacial score (nSPS) is 11.2. The summed E-state index contributed by atoms with van der Waals surface area (Å²) in [5.41, 5.74) is 0.231. The molecule has 5 nitrogen and oxygen atoms in total. The third-order valence-electron chi connectivity index (χ3n) is 2.74. The van der Waals surface area contributed by atoms with Crippen molar-refractivity contribution in [2.75, 3.05) is 0 Å². The first-order chi connectivity index (χ1) is 8.93. The van der Waals surface area contributed by atoms with Crippen LogP contribution in [0.15, 0.2) is 58.3 Å². The van der Waals surface area contributed by atoms with Crippen molar-refractivity contribution in [2.24, 2.45) is 0 Å². The van der Waals surface area contributed by atoms with Crippen molar-refractivity contribution in [3.05, 3.63) is 64.2 Å². The van der Waals surface area contributed by atoms with Gasteiger partial charge in [-0.3, -0.25) is 10.1 Å². The Balaban J connectivity index is 2.60. The van der Waals surface area contributed by atoms with Gasteiger partial charge in [-0.1, -0.05) is 24.3 Å². The molecule has 0 amide bonds. The molecule has 6 heteroatoms. The fraction of sp³-hybridized carbons (Fsp3) is 0.0769. The van der Waals surface area contributed by atoms with Crippen molar-refractivity contribution < 1.29 is 13.3 Å². The van der Waals surface area contributed by atoms with Crippen LogP contribution in [0, 0.1) is 17.0 Å². The van der Waals surface area contributed by atoms with Crippen molar-refractivity contribution in [1.82, 2.24) is 0 Å². The monoisotopic (exact) mass is 277 g/mol. The molecule has 0 aromatic heterocycles. The average molecular weight is 277 g/mol. The van der Waals surface area contributed by atoms with Crippen LogP contribution in [0.1, 0.15) is 5.56 Å². The number of hydrogen-bond acceptors (Lipinski definition) is 4. The van der Waals surface area contributed by atoms with Crippen LogP contribution in [-0.4, -0.2) is 13.3 Å². The fourth-order valence-electron chi connectivity index (χ4n) is 1.69. The Morgan fingerprint density at radius 2 is 1.63 bits per heavy atom. The first-order valence-electron chi connectivity index (χ1n) is 5.48. The molecule has 0 radical (unpaired) electrons. The van der Waals surface area contributed by atoms with Gasteiger partial charge in [-0.2, -0.15) is 0 Å². The second kappa shape index (κ2) is 4.81. The molecule has 0 aliphatic carbocycles. The molecule has 19 heavy (non-hydrogen) atoms. The van der Waals surface area contributed by atoms with E-state index in [1.54, 1.807) is 25.1 Å². The summed E-state index contributed by atoms with van der Waals surface area (Å²) in [6.07, 6.45) is 0. The molecule has 2 rings (SSSR count). The molecule has 0 N–H and O–H groups in total. The van der Waals surface area contributed by atoms with E-state index in [4.69, 9.17) is 0 Å². The van der Waals surface area contributed by atoms with Crippen molar-refractivity contribution in [1.29, 1.82) is 0 Å². The number of nitro benzene ring substituents is 1.